The maximum Gasteiger partial charge on any atom is 0.161 e. The van der Waals surface area contributed by atoms with Gasteiger partial charge in [-0.2, -0.15) is 0 Å². The standard InChI is InChI=1S/C15H18N2O3/c1-2-10-11(17-18)9-12(13-5-3-7-19-13)16-15(10)14-6-4-8-20-14/h3-8,10,12,15-16,18H,2,9H2,1H3/p+1/b17-11+/t10-,12+,15-/m1/s1. The van der Waals surface area contributed by atoms with E-state index in [9.17, 15) is 5.21 Å². The number of hydrogen-bond acceptors (Lipinski definition) is 4. The Kier molecular flexibility index (Phi) is 3.60. The smallest absolute Gasteiger partial charge is 0.161 e. The lowest BCUT2D eigenvalue weighted by atomic mass is 9.82. The zero-order chi connectivity index (χ0) is 13.9. The van der Waals surface area contributed by atoms with Gasteiger partial charge in [0.15, 0.2) is 23.6 Å². The minimum absolute atomic E-state index is 0.116. The second-order valence-corrected chi connectivity index (χ2v) is 5.17. The lowest BCUT2D eigenvalue weighted by molar-refractivity contribution is -0.745. The minimum Gasteiger partial charge on any atom is -0.463 e. The van der Waals surface area contributed by atoms with Gasteiger partial charge in [0.25, 0.3) is 0 Å². The zero-order valence-electron chi connectivity index (χ0n) is 11.4. The quantitative estimate of drug-likeness (QED) is 0.667. The molecule has 5 heteroatoms. The van der Waals surface area contributed by atoms with E-state index in [0.29, 0.717) is 6.42 Å². The molecule has 2 aromatic rings. The predicted octanol–water partition coefficient (Wildman–Crippen LogP) is 2.48. The molecular formula is C15H19N2O3+. The molecule has 2 aromatic heterocycles. The average Bonchev–Trinajstić information content (AvgIpc) is 3.18. The number of rotatable bonds is 3. The highest BCUT2D eigenvalue weighted by atomic mass is 16.4. The third-order valence-electron chi connectivity index (χ3n) is 4.08. The normalized spacial score (nSPS) is 28.9. The number of piperidine rings is 1. The molecule has 0 amide bonds. The van der Waals surface area contributed by atoms with E-state index in [0.717, 1.165) is 23.7 Å². The zero-order valence-corrected chi connectivity index (χ0v) is 11.4. The number of nitrogens with two attached hydrogens (primary N) is 1. The van der Waals surface area contributed by atoms with Crippen LogP contribution in [0.15, 0.2) is 50.8 Å². The molecule has 0 radical (unpaired) electrons. The van der Waals surface area contributed by atoms with Gasteiger partial charge in [-0.1, -0.05) is 12.1 Å². The van der Waals surface area contributed by atoms with E-state index in [4.69, 9.17) is 8.83 Å². The molecule has 1 aliphatic rings. The molecule has 0 unspecified atom stereocenters. The topological polar surface area (TPSA) is 75.5 Å². The SMILES string of the molecule is CC[C@@H]1/C(=N/O)C[C@@H](c2ccco2)[NH2+][C@H]1c1ccco1. The van der Waals surface area contributed by atoms with E-state index in [2.05, 4.69) is 17.4 Å². The molecule has 0 bridgehead atoms. The van der Waals surface area contributed by atoms with E-state index in [1.54, 1.807) is 12.5 Å². The van der Waals surface area contributed by atoms with Crippen molar-refractivity contribution in [3.8, 4) is 0 Å². The van der Waals surface area contributed by atoms with Crippen molar-refractivity contribution in [3.05, 3.63) is 48.3 Å². The third-order valence-corrected chi connectivity index (χ3v) is 4.08. The Hall–Kier alpha value is -2.01. The fourth-order valence-electron chi connectivity index (χ4n) is 3.11. The van der Waals surface area contributed by atoms with E-state index in [1.807, 2.05) is 24.3 Å². The van der Waals surface area contributed by atoms with Gasteiger partial charge in [0.05, 0.1) is 24.2 Å². The van der Waals surface area contributed by atoms with E-state index in [1.165, 1.54) is 0 Å². The summed E-state index contributed by atoms with van der Waals surface area (Å²) in [6.45, 7) is 2.10. The molecule has 20 heavy (non-hydrogen) atoms. The molecule has 5 nitrogen and oxygen atoms in total. The summed E-state index contributed by atoms with van der Waals surface area (Å²) in [4.78, 5) is 0. The molecule has 1 aliphatic heterocycles. The number of furan rings is 2. The van der Waals surface area contributed by atoms with Gasteiger partial charge in [-0.05, 0) is 30.7 Å². The predicted molar refractivity (Wildman–Crippen MR) is 72.4 cm³/mol. The summed E-state index contributed by atoms with van der Waals surface area (Å²) in [5, 5.41) is 15.1. The summed E-state index contributed by atoms with van der Waals surface area (Å²) in [6, 6.07) is 7.94. The second kappa shape index (κ2) is 5.54. The molecule has 3 N–H and O–H groups in total. The summed E-state index contributed by atoms with van der Waals surface area (Å²) in [5.41, 5.74) is 0.817. The van der Waals surface area contributed by atoms with Gasteiger partial charge in [-0.25, -0.2) is 0 Å². The van der Waals surface area contributed by atoms with Crippen LogP contribution in [0.1, 0.15) is 43.4 Å². The van der Waals surface area contributed by atoms with Gasteiger partial charge in [0.2, 0.25) is 0 Å². The van der Waals surface area contributed by atoms with Crippen LogP contribution in [0, 0.1) is 5.92 Å². The van der Waals surface area contributed by atoms with E-state index < -0.39 is 0 Å². The maximum absolute atomic E-state index is 9.34. The first kappa shape index (κ1) is 13.0. The molecule has 0 aromatic carbocycles. The summed E-state index contributed by atoms with van der Waals surface area (Å²) in [5.74, 6) is 1.99. The van der Waals surface area contributed by atoms with E-state index in [-0.39, 0.29) is 18.0 Å². The summed E-state index contributed by atoms with van der Waals surface area (Å²) in [7, 11) is 0. The molecule has 0 aliphatic carbocycles. The maximum atomic E-state index is 9.34. The Morgan fingerprint density at radius 3 is 2.50 bits per heavy atom. The Labute approximate surface area is 117 Å². The van der Waals surface area contributed by atoms with Gasteiger partial charge >= 0.3 is 0 Å². The van der Waals surface area contributed by atoms with Crippen LogP contribution in [0.5, 0.6) is 0 Å². The Morgan fingerprint density at radius 1 is 1.25 bits per heavy atom. The third kappa shape index (κ3) is 2.25. The molecule has 3 heterocycles. The number of quaternary nitrogens is 1. The summed E-state index contributed by atoms with van der Waals surface area (Å²) >= 11 is 0. The van der Waals surface area contributed by atoms with Crippen molar-refractivity contribution in [2.75, 3.05) is 0 Å². The van der Waals surface area contributed by atoms with Crippen LogP contribution in [-0.2, 0) is 0 Å². The van der Waals surface area contributed by atoms with Crippen LogP contribution in [0.25, 0.3) is 0 Å². The summed E-state index contributed by atoms with van der Waals surface area (Å²) in [6.07, 6.45) is 4.96. The van der Waals surface area contributed by atoms with Gasteiger partial charge in [0.1, 0.15) is 0 Å². The van der Waals surface area contributed by atoms with Crippen LogP contribution in [0.4, 0.5) is 0 Å². The van der Waals surface area contributed by atoms with Crippen LogP contribution in [-0.4, -0.2) is 10.9 Å². The van der Waals surface area contributed by atoms with Crippen LogP contribution in [0.2, 0.25) is 0 Å². The molecular weight excluding hydrogens is 256 g/mol. The second-order valence-electron chi connectivity index (χ2n) is 5.17. The monoisotopic (exact) mass is 275 g/mol. The van der Waals surface area contributed by atoms with Gasteiger partial charge in [-0.3, -0.25) is 0 Å². The van der Waals surface area contributed by atoms with Gasteiger partial charge in [0, 0.05) is 6.42 Å². The van der Waals surface area contributed by atoms with Crippen LogP contribution < -0.4 is 5.32 Å². The Morgan fingerprint density at radius 2 is 1.95 bits per heavy atom. The first-order valence-corrected chi connectivity index (χ1v) is 6.96. The van der Waals surface area contributed by atoms with Crippen molar-refractivity contribution < 1.29 is 19.4 Å². The van der Waals surface area contributed by atoms with Crippen molar-refractivity contribution >= 4 is 5.71 Å². The molecule has 3 atom stereocenters. The van der Waals surface area contributed by atoms with Crippen LogP contribution >= 0.6 is 0 Å². The number of hydrogen-bond donors (Lipinski definition) is 2. The molecule has 3 rings (SSSR count). The highest BCUT2D eigenvalue weighted by Gasteiger charge is 2.41. The lowest BCUT2D eigenvalue weighted by Crippen LogP contribution is -2.90. The van der Waals surface area contributed by atoms with Gasteiger partial charge < -0.3 is 19.4 Å². The van der Waals surface area contributed by atoms with Crippen molar-refractivity contribution in [3.63, 3.8) is 0 Å². The lowest BCUT2D eigenvalue weighted by Gasteiger charge is -2.32. The number of oxime groups is 1. The van der Waals surface area contributed by atoms with Crippen molar-refractivity contribution in [2.45, 2.75) is 31.8 Å². The van der Waals surface area contributed by atoms with Crippen molar-refractivity contribution in [2.24, 2.45) is 11.1 Å². The Bertz CT molecular complexity index is 560. The van der Waals surface area contributed by atoms with Crippen molar-refractivity contribution in [1.29, 1.82) is 0 Å². The molecule has 106 valence electrons. The molecule has 0 spiro atoms. The van der Waals surface area contributed by atoms with Crippen LogP contribution in [0.3, 0.4) is 0 Å². The highest BCUT2D eigenvalue weighted by Crippen LogP contribution is 2.31. The number of nitrogens with zero attached hydrogens (tertiary/aromatic N) is 1. The minimum atomic E-state index is 0.116. The fraction of sp³-hybridized carbons (Fsp3) is 0.400. The first-order chi connectivity index (χ1) is 9.83. The summed E-state index contributed by atoms with van der Waals surface area (Å²) < 4.78 is 11.1. The Balaban J connectivity index is 1.93. The van der Waals surface area contributed by atoms with Crippen molar-refractivity contribution in [1.82, 2.24) is 0 Å². The fourth-order valence-corrected chi connectivity index (χ4v) is 3.11. The first-order valence-electron chi connectivity index (χ1n) is 6.96. The average molecular weight is 275 g/mol. The molecule has 1 fully saturated rings. The highest BCUT2D eigenvalue weighted by molar-refractivity contribution is 5.87. The molecule has 0 saturated carbocycles. The van der Waals surface area contributed by atoms with E-state index >= 15 is 0 Å². The van der Waals surface area contributed by atoms with Gasteiger partial charge in [-0.15, -0.1) is 0 Å². The molecule has 1 saturated heterocycles. The largest absolute Gasteiger partial charge is 0.463 e.